The van der Waals surface area contributed by atoms with Crippen molar-refractivity contribution in [3.63, 3.8) is 0 Å². The lowest BCUT2D eigenvalue weighted by Crippen LogP contribution is -1.90. The third-order valence-electron chi connectivity index (χ3n) is 2.58. The normalized spacial score (nSPS) is 10.2. The number of benzene rings is 2. The van der Waals surface area contributed by atoms with E-state index in [4.69, 9.17) is 4.74 Å². The summed E-state index contributed by atoms with van der Waals surface area (Å²) in [6.07, 6.45) is 2.87. The van der Waals surface area contributed by atoms with Crippen LogP contribution in [-0.4, -0.2) is 7.11 Å². The summed E-state index contributed by atoms with van der Waals surface area (Å²) in [5.74, 6) is 0.651. The van der Waals surface area contributed by atoms with E-state index in [9.17, 15) is 4.39 Å². The van der Waals surface area contributed by atoms with Gasteiger partial charge in [0.1, 0.15) is 11.6 Å². The molecule has 87 valence electrons. The molecule has 2 aromatic carbocycles. The van der Waals surface area contributed by atoms with Crippen LogP contribution in [0.3, 0.4) is 0 Å². The fraction of sp³-hybridized carbons (Fsp3) is 0.133. The van der Waals surface area contributed by atoms with Gasteiger partial charge in [-0.3, -0.25) is 0 Å². The molecular formula is C15H14FO. The van der Waals surface area contributed by atoms with Crippen molar-refractivity contribution in [2.45, 2.75) is 6.42 Å². The minimum atomic E-state index is -0.205. The molecule has 1 radical (unpaired) electrons. The van der Waals surface area contributed by atoms with Gasteiger partial charge >= 0.3 is 0 Å². The topological polar surface area (TPSA) is 9.23 Å². The van der Waals surface area contributed by atoms with Crippen molar-refractivity contribution in [2.24, 2.45) is 0 Å². The second kappa shape index (κ2) is 5.48. The summed E-state index contributed by atoms with van der Waals surface area (Å²) in [6.45, 7) is 0. The van der Waals surface area contributed by atoms with Crippen molar-refractivity contribution in [3.05, 3.63) is 71.9 Å². The molecule has 0 bridgehead atoms. The van der Waals surface area contributed by atoms with E-state index in [1.54, 1.807) is 19.2 Å². The molecule has 0 saturated carbocycles. The molecule has 17 heavy (non-hydrogen) atoms. The Morgan fingerprint density at radius 2 is 1.88 bits per heavy atom. The third kappa shape index (κ3) is 3.31. The van der Waals surface area contributed by atoms with Crippen LogP contribution in [0.2, 0.25) is 0 Å². The molecule has 2 aromatic rings. The van der Waals surface area contributed by atoms with Crippen molar-refractivity contribution in [1.29, 1.82) is 0 Å². The molecule has 0 aliphatic rings. The zero-order valence-electron chi connectivity index (χ0n) is 9.69. The van der Waals surface area contributed by atoms with Gasteiger partial charge in [0, 0.05) is 0 Å². The fourth-order valence-electron chi connectivity index (χ4n) is 1.63. The summed E-state index contributed by atoms with van der Waals surface area (Å²) in [7, 11) is 1.66. The molecule has 0 heterocycles. The molecule has 0 aliphatic heterocycles. The summed E-state index contributed by atoms with van der Waals surface area (Å²) in [5, 5.41) is 0. The zero-order valence-corrected chi connectivity index (χ0v) is 9.69. The molecule has 2 rings (SSSR count). The van der Waals surface area contributed by atoms with Crippen LogP contribution >= 0.6 is 0 Å². The van der Waals surface area contributed by atoms with Gasteiger partial charge in [-0.2, -0.15) is 0 Å². The lowest BCUT2D eigenvalue weighted by Gasteiger charge is -2.04. The molecule has 0 N–H and O–H groups in total. The van der Waals surface area contributed by atoms with Gasteiger partial charge < -0.3 is 4.74 Å². The van der Waals surface area contributed by atoms with Crippen LogP contribution in [0.25, 0.3) is 0 Å². The quantitative estimate of drug-likeness (QED) is 0.778. The van der Waals surface area contributed by atoms with E-state index in [0.717, 1.165) is 17.7 Å². The minimum absolute atomic E-state index is 0.205. The molecule has 0 amide bonds. The number of methoxy groups -OCH3 is 1. The second-order valence-electron chi connectivity index (χ2n) is 3.81. The lowest BCUT2D eigenvalue weighted by atomic mass is 10.0. The number of ether oxygens (including phenoxy) is 1. The number of hydrogen-bond donors (Lipinski definition) is 0. The Balaban J connectivity index is 1.99. The molecule has 0 fully saturated rings. The van der Waals surface area contributed by atoms with E-state index >= 15 is 0 Å². The highest BCUT2D eigenvalue weighted by molar-refractivity contribution is 5.32. The van der Waals surface area contributed by atoms with Gasteiger partial charge in [-0.1, -0.05) is 24.3 Å². The first-order chi connectivity index (χ1) is 8.28. The molecule has 0 saturated heterocycles. The van der Waals surface area contributed by atoms with Crippen molar-refractivity contribution >= 4 is 0 Å². The van der Waals surface area contributed by atoms with Crippen molar-refractivity contribution in [3.8, 4) is 5.75 Å². The Morgan fingerprint density at radius 3 is 2.59 bits per heavy atom. The standard InChI is InChI=1S/C15H14FO/c1-17-15-4-2-3-13(11-15)6-5-12-7-9-14(16)10-8-12/h2-5,7-11H,6H2,1H3. The van der Waals surface area contributed by atoms with Crippen LogP contribution in [0.5, 0.6) is 5.75 Å². The van der Waals surface area contributed by atoms with Gasteiger partial charge in [-0.05, 0) is 48.2 Å². The minimum Gasteiger partial charge on any atom is -0.497 e. The zero-order chi connectivity index (χ0) is 12.1. The van der Waals surface area contributed by atoms with Crippen LogP contribution in [0.4, 0.5) is 4.39 Å². The van der Waals surface area contributed by atoms with E-state index in [0.29, 0.717) is 0 Å². The Hall–Kier alpha value is -1.83. The molecule has 2 heteroatoms. The maximum Gasteiger partial charge on any atom is 0.123 e. The van der Waals surface area contributed by atoms with Crippen LogP contribution < -0.4 is 4.74 Å². The smallest absolute Gasteiger partial charge is 0.123 e. The first kappa shape index (κ1) is 11.6. The molecule has 1 nitrogen and oxygen atoms in total. The third-order valence-corrected chi connectivity index (χ3v) is 2.58. The van der Waals surface area contributed by atoms with E-state index in [2.05, 4.69) is 6.42 Å². The number of hydrogen-bond acceptors (Lipinski definition) is 1. The molecule has 0 spiro atoms. The largest absolute Gasteiger partial charge is 0.497 e. The number of rotatable bonds is 4. The predicted octanol–water partition coefficient (Wildman–Crippen LogP) is 3.63. The molecule has 0 unspecified atom stereocenters. The lowest BCUT2D eigenvalue weighted by molar-refractivity contribution is 0.414. The van der Waals surface area contributed by atoms with Gasteiger partial charge in [-0.25, -0.2) is 4.39 Å². The first-order valence-corrected chi connectivity index (χ1v) is 5.49. The van der Waals surface area contributed by atoms with Gasteiger partial charge in [0.05, 0.1) is 7.11 Å². The SMILES string of the molecule is COc1cccc(C[CH]c2ccc(F)cc2)c1. The second-order valence-corrected chi connectivity index (χ2v) is 3.81. The summed E-state index contributed by atoms with van der Waals surface area (Å²) in [5.41, 5.74) is 2.20. The average molecular weight is 229 g/mol. The summed E-state index contributed by atoms with van der Waals surface area (Å²) < 4.78 is 17.9. The van der Waals surface area contributed by atoms with E-state index in [-0.39, 0.29) is 5.82 Å². The van der Waals surface area contributed by atoms with Crippen LogP contribution in [-0.2, 0) is 6.42 Å². The summed E-state index contributed by atoms with van der Waals surface area (Å²) >= 11 is 0. The number of halogens is 1. The monoisotopic (exact) mass is 229 g/mol. The average Bonchev–Trinajstić information content (AvgIpc) is 2.38. The van der Waals surface area contributed by atoms with Crippen molar-refractivity contribution < 1.29 is 9.13 Å². The Morgan fingerprint density at radius 1 is 1.12 bits per heavy atom. The Kier molecular flexibility index (Phi) is 3.76. The highest BCUT2D eigenvalue weighted by Crippen LogP contribution is 2.15. The van der Waals surface area contributed by atoms with E-state index < -0.39 is 0 Å². The van der Waals surface area contributed by atoms with E-state index in [1.807, 2.05) is 24.3 Å². The Bertz CT molecular complexity index is 477. The van der Waals surface area contributed by atoms with Crippen molar-refractivity contribution in [2.75, 3.05) is 7.11 Å². The maximum atomic E-state index is 12.7. The molecular weight excluding hydrogens is 215 g/mol. The maximum absolute atomic E-state index is 12.7. The van der Waals surface area contributed by atoms with Gasteiger partial charge in [0.2, 0.25) is 0 Å². The predicted molar refractivity (Wildman–Crippen MR) is 66.5 cm³/mol. The highest BCUT2D eigenvalue weighted by atomic mass is 19.1. The van der Waals surface area contributed by atoms with Crippen LogP contribution in [0, 0.1) is 12.2 Å². The van der Waals surface area contributed by atoms with Gasteiger partial charge in [-0.15, -0.1) is 0 Å². The van der Waals surface area contributed by atoms with Gasteiger partial charge in [0.25, 0.3) is 0 Å². The Labute approximate surface area is 101 Å². The molecule has 0 aromatic heterocycles. The van der Waals surface area contributed by atoms with Gasteiger partial charge in [0.15, 0.2) is 0 Å². The highest BCUT2D eigenvalue weighted by Gasteiger charge is 1.98. The first-order valence-electron chi connectivity index (χ1n) is 5.49. The van der Waals surface area contributed by atoms with Crippen LogP contribution in [0.1, 0.15) is 11.1 Å². The summed E-state index contributed by atoms with van der Waals surface area (Å²) in [6, 6.07) is 14.4. The van der Waals surface area contributed by atoms with Crippen LogP contribution in [0.15, 0.2) is 48.5 Å². The fourth-order valence-corrected chi connectivity index (χ4v) is 1.63. The molecule has 0 aliphatic carbocycles. The van der Waals surface area contributed by atoms with Crippen molar-refractivity contribution in [1.82, 2.24) is 0 Å². The van der Waals surface area contributed by atoms with E-state index in [1.165, 1.54) is 17.7 Å². The summed E-state index contributed by atoms with van der Waals surface area (Å²) in [4.78, 5) is 0. The molecule has 0 atom stereocenters.